The van der Waals surface area contributed by atoms with Crippen molar-refractivity contribution in [1.82, 2.24) is 0 Å². The van der Waals surface area contributed by atoms with Gasteiger partial charge in [0.2, 0.25) is 0 Å². The standard InChI is InChI=1S/C20H23NO2/c1-3-8-16-12-14-17(15-13-16)20(22)23-19(9-4-2)21-18-10-6-5-7-11-18/h5-7,10-15H,3-4,8-9H2,1-2H3. The molecule has 0 radical (unpaired) electrons. The summed E-state index contributed by atoms with van der Waals surface area (Å²) in [6.07, 6.45) is 3.61. The molecular weight excluding hydrogens is 286 g/mol. The Morgan fingerprint density at radius 2 is 1.65 bits per heavy atom. The Morgan fingerprint density at radius 1 is 0.957 bits per heavy atom. The van der Waals surface area contributed by atoms with Crippen LogP contribution in [0.4, 0.5) is 5.69 Å². The third-order valence-corrected chi connectivity index (χ3v) is 3.41. The van der Waals surface area contributed by atoms with E-state index in [0.717, 1.165) is 24.9 Å². The first-order chi connectivity index (χ1) is 11.2. The average Bonchev–Trinajstić information content (AvgIpc) is 2.57. The van der Waals surface area contributed by atoms with Crippen molar-refractivity contribution >= 4 is 17.6 Å². The highest BCUT2D eigenvalue weighted by molar-refractivity contribution is 5.98. The molecule has 0 amide bonds. The number of benzene rings is 2. The van der Waals surface area contributed by atoms with E-state index >= 15 is 0 Å². The molecule has 0 N–H and O–H groups in total. The number of rotatable bonds is 6. The molecule has 0 aromatic heterocycles. The number of aryl methyl sites for hydroxylation is 1. The highest BCUT2D eigenvalue weighted by atomic mass is 16.5. The van der Waals surface area contributed by atoms with Crippen molar-refractivity contribution in [2.45, 2.75) is 39.5 Å². The van der Waals surface area contributed by atoms with Crippen molar-refractivity contribution in [3.05, 3.63) is 65.7 Å². The van der Waals surface area contributed by atoms with Crippen LogP contribution in [0, 0.1) is 0 Å². The van der Waals surface area contributed by atoms with Crippen LogP contribution in [0.1, 0.15) is 49.0 Å². The molecule has 3 nitrogen and oxygen atoms in total. The smallest absolute Gasteiger partial charge is 0.344 e. The lowest BCUT2D eigenvalue weighted by atomic mass is 10.1. The summed E-state index contributed by atoms with van der Waals surface area (Å²) < 4.78 is 5.49. The van der Waals surface area contributed by atoms with Gasteiger partial charge in [-0.2, -0.15) is 0 Å². The van der Waals surface area contributed by atoms with Crippen LogP contribution in [0.25, 0.3) is 0 Å². The average molecular weight is 309 g/mol. The number of esters is 1. The maximum Gasteiger partial charge on any atom is 0.344 e. The van der Waals surface area contributed by atoms with Crippen LogP contribution in [0.2, 0.25) is 0 Å². The first-order valence-electron chi connectivity index (χ1n) is 8.16. The monoisotopic (exact) mass is 309 g/mol. The minimum Gasteiger partial charge on any atom is -0.408 e. The van der Waals surface area contributed by atoms with E-state index in [9.17, 15) is 4.79 Å². The molecule has 0 spiro atoms. The lowest BCUT2D eigenvalue weighted by molar-refractivity contribution is 0.0712. The summed E-state index contributed by atoms with van der Waals surface area (Å²) in [7, 11) is 0. The Bertz CT molecular complexity index is 645. The zero-order valence-corrected chi connectivity index (χ0v) is 13.8. The molecule has 120 valence electrons. The predicted octanol–water partition coefficient (Wildman–Crippen LogP) is 5.33. The molecule has 0 unspecified atom stereocenters. The number of para-hydroxylation sites is 1. The zero-order valence-electron chi connectivity index (χ0n) is 13.8. The van der Waals surface area contributed by atoms with Crippen LogP contribution in [-0.4, -0.2) is 11.9 Å². The third-order valence-electron chi connectivity index (χ3n) is 3.41. The SMILES string of the molecule is CCCC(=Nc1ccccc1)OC(=O)c1ccc(CCC)cc1. The van der Waals surface area contributed by atoms with Crippen LogP contribution in [0.15, 0.2) is 59.6 Å². The summed E-state index contributed by atoms with van der Waals surface area (Å²) >= 11 is 0. The summed E-state index contributed by atoms with van der Waals surface area (Å²) in [5.74, 6) is 0.109. The van der Waals surface area contributed by atoms with E-state index < -0.39 is 0 Å². The van der Waals surface area contributed by atoms with Crippen molar-refractivity contribution in [3.63, 3.8) is 0 Å². The molecular formula is C20H23NO2. The fourth-order valence-electron chi connectivity index (χ4n) is 2.25. The van der Waals surface area contributed by atoms with E-state index in [4.69, 9.17) is 4.74 Å². The molecule has 0 saturated heterocycles. The second-order valence-corrected chi connectivity index (χ2v) is 5.43. The van der Waals surface area contributed by atoms with Gasteiger partial charge in [-0.05, 0) is 42.7 Å². The van der Waals surface area contributed by atoms with E-state index in [2.05, 4.69) is 11.9 Å². The molecule has 0 atom stereocenters. The predicted molar refractivity (Wildman–Crippen MR) is 94.3 cm³/mol. The van der Waals surface area contributed by atoms with Crippen LogP contribution >= 0.6 is 0 Å². The molecule has 0 aliphatic carbocycles. The Balaban J connectivity index is 2.10. The van der Waals surface area contributed by atoms with Crippen LogP contribution in [-0.2, 0) is 11.2 Å². The summed E-state index contributed by atoms with van der Waals surface area (Å²) in [6, 6.07) is 17.1. The maximum absolute atomic E-state index is 12.3. The molecule has 23 heavy (non-hydrogen) atoms. The van der Waals surface area contributed by atoms with Crippen LogP contribution < -0.4 is 0 Å². The number of aliphatic imine (C=N–C) groups is 1. The molecule has 0 bridgehead atoms. The Hall–Kier alpha value is -2.42. The van der Waals surface area contributed by atoms with Gasteiger partial charge in [0.05, 0.1) is 11.3 Å². The number of ether oxygens (including phenoxy) is 1. The Morgan fingerprint density at radius 3 is 2.26 bits per heavy atom. The molecule has 0 aliphatic rings. The lowest BCUT2D eigenvalue weighted by Gasteiger charge is -2.08. The van der Waals surface area contributed by atoms with Crippen molar-refractivity contribution in [2.24, 2.45) is 4.99 Å². The topological polar surface area (TPSA) is 38.7 Å². The summed E-state index contributed by atoms with van der Waals surface area (Å²) in [6.45, 7) is 4.17. The van der Waals surface area contributed by atoms with Gasteiger partial charge in [0, 0.05) is 6.42 Å². The van der Waals surface area contributed by atoms with E-state index in [1.807, 2.05) is 61.5 Å². The molecule has 0 aliphatic heterocycles. The van der Waals surface area contributed by atoms with Gasteiger partial charge in [-0.3, -0.25) is 0 Å². The van der Waals surface area contributed by atoms with Gasteiger partial charge in [0.1, 0.15) is 0 Å². The highest BCUT2D eigenvalue weighted by Gasteiger charge is 2.11. The maximum atomic E-state index is 12.3. The summed E-state index contributed by atoms with van der Waals surface area (Å²) in [5, 5.41) is 0. The quantitative estimate of drug-likeness (QED) is 0.411. The summed E-state index contributed by atoms with van der Waals surface area (Å²) in [5.41, 5.74) is 2.58. The zero-order chi connectivity index (χ0) is 16.5. The first kappa shape index (κ1) is 16.9. The fourth-order valence-corrected chi connectivity index (χ4v) is 2.25. The number of carbonyl (C=O) groups excluding carboxylic acids is 1. The highest BCUT2D eigenvalue weighted by Crippen LogP contribution is 2.14. The molecule has 0 fully saturated rings. The molecule has 2 rings (SSSR count). The van der Waals surface area contributed by atoms with E-state index in [-0.39, 0.29) is 5.97 Å². The normalized spacial score (nSPS) is 11.3. The van der Waals surface area contributed by atoms with Gasteiger partial charge in [0.15, 0.2) is 5.90 Å². The largest absolute Gasteiger partial charge is 0.408 e. The van der Waals surface area contributed by atoms with Gasteiger partial charge in [0.25, 0.3) is 0 Å². The Kier molecular flexibility index (Phi) is 6.55. The van der Waals surface area contributed by atoms with Gasteiger partial charge in [-0.25, -0.2) is 9.79 Å². The fraction of sp³-hybridized carbons (Fsp3) is 0.300. The first-order valence-corrected chi connectivity index (χ1v) is 8.16. The van der Waals surface area contributed by atoms with E-state index in [0.29, 0.717) is 17.9 Å². The minimum absolute atomic E-state index is 0.351. The molecule has 2 aromatic rings. The van der Waals surface area contributed by atoms with Gasteiger partial charge in [-0.1, -0.05) is 50.6 Å². The second kappa shape index (κ2) is 8.89. The van der Waals surface area contributed by atoms with Crippen molar-refractivity contribution < 1.29 is 9.53 Å². The Labute approximate surface area is 138 Å². The second-order valence-electron chi connectivity index (χ2n) is 5.43. The van der Waals surface area contributed by atoms with Gasteiger partial charge in [-0.15, -0.1) is 0 Å². The molecule has 0 saturated carbocycles. The third kappa shape index (κ3) is 5.37. The summed E-state index contributed by atoms with van der Waals surface area (Å²) in [4.78, 5) is 16.7. The molecule has 2 aromatic carbocycles. The van der Waals surface area contributed by atoms with Crippen molar-refractivity contribution in [1.29, 1.82) is 0 Å². The number of nitrogens with zero attached hydrogens (tertiary/aromatic N) is 1. The number of hydrogen-bond donors (Lipinski definition) is 0. The molecule has 0 heterocycles. The molecule has 3 heteroatoms. The van der Waals surface area contributed by atoms with Crippen LogP contribution in [0.3, 0.4) is 0 Å². The van der Waals surface area contributed by atoms with E-state index in [1.54, 1.807) is 0 Å². The van der Waals surface area contributed by atoms with Crippen LogP contribution in [0.5, 0.6) is 0 Å². The number of carbonyl (C=O) groups is 1. The van der Waals surface area contributed by atoms with Crippen molar-refractivity contribution in [2.75, 3.05) is 0 Å². The van der Waals surface area contributed by atoms with E-state index in [1.165, 1.54) is 5.56 Å². The number of hydrogen-bond acceptors (Lipinski definition) is 3. The van der Waals surface area contributed by atoms with Gasteiger partial charge < -0.3 is 4.74 Å². The van der Waals surface area contributed by atoms with Gasteiger partial charge >= 0.3 is 5.97 Å². The van der Waals surface area contributed by atoms with Crippen molar-refractivity contribution in [3.8, 4) is 0 Å². The lowest BCUT2D eigenvalue weighted by Crippen LogP contribution is -2.12. The minimum atomic E-state index is -0.351.